The zero-order chi connectivity index (χ0) is 18.2. The summed E-state index contributed by atoms with van der Waals surface area (Å²) in [7, 11) is -1.95. The fraction of sp³-hybridized carbons (Fsp3) is 0.529. The van der Waals surface area contributed by atoms with E-state index in [4.69, 9.17) is 4.74 Å². The molecule has 7 nitrogen and oxygen atoms in total. The number of sulfonamides is 1. The van der Waals surface area contributed by atoms with Gasteiger partial charge in [0.1, 0.15) is 0 Å². The van der Waals surface area contributed by atoms with Crippen molar-refractivity contribution in [1.82, 2.24) is 9.62 Å². The Morgan fingerprint density at radius 2 is 1.68 bits per heavy atom. The van der Waals surface area contributed by atoms with Crippen molar-refractivity contribution in [3.63, 3.8) is 0 Å². The summed E-state index contributed by atoms with van der Waals surface area (Å²) < 4.78 is 30.2. The monoisotopic (exact) mass is 366 g/mol. The molecule has 1 N–H and O–H groups in total. The average molecular weight is 366 g/mol. The second kappa shape index (κ2) is 6.76. The molecule has 0 radical (unpaired) electrons. The molecule has 2 fully saturated rings. The second-order valence-electron chi connectivity index (χ2n) is 6.66. The molecule has 8 heteroatoms. The van der Waals surface area contributed by atoms with E-state index < -0.39 is 16.0 Å². The van der Waals surface area contributed by atoms with Crippen molar-refractivity contribution in [1.29, 1.82) is 0 Å². The van der Waals surface area contributed by atoms with Crippen molar-refractivity contribution in [3.8, 4) is 0 Å². The lowest BCUT2D eigenvalue weighted by Crippen LogP contribution is -2.52. The van der Waals surface area contributed by atoms with E-state index in [9.17, 15) is 18.0 Å². The van der Waals surface area contributed by atoms with Gasteiger partial charge in [0, 0.05) is 18.1 Å². The number of ether oxygens (including phenoxy) is 1. The molecular weight excluding hydrogens is 344 g/mol. The Balaban J connectivity index is 1.73. The van der Waals surface area contributed by atoms with Crippen LogP contribution in [0.1, 0.15) is 46.4 Å². The number of esters is 1. The molecule has 0 spiro atoms. The van der Waals surface area contributed by atoms with E-state index in [1.54, 1.807) is 28.6 Å². The number of carbonyl (C=O) groups is 2. The lowest BCUT2D eigenvalue weighted by molar-refractivity contribution is 0.0595. The summed E-state index contributed by atoms with van der Waals surface area (Å²) in [4.78, 5) is 24.4. The van der Waals surface area contributed by atoms with Gasteiger partial charge in [-0.2, -0.15) is 4.31 Å². The summed E-state index contributed by atoms with van der Waals surface area (Å²) in [5.41, 5.74) is 0.492. The molecule has 2 aliphatic rings. The number of nitrogens with zero attached hydrogens (tertiary/aromatic N) is 1. The van der Waals surface area contributed by atoms with Gasteiger partial charge in [-0.15, -0.1) is 0 Å². The van der Waals surface area contributed by atoms with Crippen LogP contribution < -0.4 is 5.32 Å². The molecule has 3 rings (SSSR count). The molecule has 0 saturated carbocycles. The molecule has 0 aliphatic carbocycles. The van der Waals surface area contributed by atoms with Crippen molar-refractivity contribution in [2.45, 2.75) is 43.8 Å². The molecule has 0 aromatic heterocycles. The molecular formula is C17H22N2O5S. The zero-order valence-corrected chi connectivity index (χ0v) is 15.1. The van der Waals surface area contributed by atoms with E-state index in [0.717, 1.165) is 12.8 Å². The lowest BCUT2D eigenvalue weighted by Gasteiger charge is -2.37. The van der Waals surface area contributed by atoms with Gasteiger partial charge in [-0.25, -0.2) is 13.2 Å². The van der Waals surface area contributed by atoms with Crippen LogP contribution in [0.25, 0.3) is 0 Å². The first-order chi connectivity index (χ1) is 11.8. The first kappa shape index (κ1) is 17.9. The quantitative estimate of drug-likeness (QED) is 0.807. The fourth-order valence-electron chi connectivity index (χ4n) is 4.03. The topological polar surface area (TPSA) is 92.8 Å². The minimum absolute atomic E-state index is 0.0603. The lowest BCUT2D eigenvalue weighted by atomic mass is 9.98. The van der Waals surface area contributed by atoms with Crippen LogP contribution in [0.3, 0.4) is 0 Å². The summed E-state index contributed by atoms with van der Waals surface area (Å²) in [5.74, 6) is -0.893. The minimum Gasteiger partial charge on any atom is -0.465 e. The van der Waals surface area contributed by atoms with Gasteiger partial charge in [-0.1, -0.05) is 12.1 Å². The molecule has 2 heterocycles. The number of benzene rings is 1. The average Bonchev–Trinajstić information content (AvgIpc) is 2.86. The van der Waals surface area contributed by atoms with Gasteiger partial charge in [0.05, 0.1) is 24.5 Å². The predicted octanol–water partition coefficient (Wildman–Crippen LogP) is 1.16. The Kier molecular flexibility index (Phi) is 4.83. The van der Waals surface area contributed by atoms with E-state index in [-0.39, 0.29) is 35.2 Å². The van der Waals surface area contributed by atoms with Crippen molar-refractivity contribution in [3.05, 3.63) is 35.4 Å². The smallest absolute Gasteiger partial charge is 0.338 e. The third-order valence-corrected chi connectivity index (χ3v) is 6.32. The third kappa shape index (κ3) is 3.55. The maximum absolute atomic E-state index is 12.6. The number of amides is 1. The number of nitrogens with one attached hydrogen (secondary N) is 1. The first-order valence-corrected chi connectivity index (χ1v) is 10.1. The van der Waals surface area contributed by atoms with E-state index in [1.165, 1.54) is 13.4 Å². The van der Waals surface area contributed by atoms with Gasteiger partial charge in [0.15, 0.2) is 0 Å². The number of hydrogen-bond acceptors (Lipinski definition) is 5. The Labute approximate surface area is 147 Å². The maximum Gasteiger partial charge on any atom is 0.338 e. The fourth-order valence-corrected chi connectivity index (χ4v) is 5.49. The van der Waals surface area contributed by atoms with E-state index in [1.807, 2.05) is 0 Å². The number of fused-ring (bicyclic) bond motifs is 2. The number of hydrogen-bond donors (Lipinski definition) is 1. The Hall–Kier alpha value is -1.93. The highest BCUT2D eigenvalue weighted by Crippen LogP contribution is 2.37. The second-order valence-corrected chi connectivity index (χ2v) is 8.54. The number of carbonyl (C=O) groups excluding carboxylic acids is 2. The predicted molar refractivity (Wildman–Crippen MR) is 91.8 cm³/mol. The summed E-state index contributed by atoms with van der Waals surface area (Å²) >= 11 is 0. The van der Waals surface area contributed by atoms with E-state index >= 15 is 0 Å². The van der Waals surface area contributed by atoms with Crippen LogP contribution in [0.15, 0.2) is 24.3 Å². The van der Waals surface area contributed by atoms with Gasteiger partial charge in [0.2, 0.25) is 10.0 Å². The normalized spacial score (nSPS) is 26.2. The van der Waals surface area contributed by atoms with Gasteiger partial charge in [0.25, 0.3) is 5.91 Å². The number of rotatable bonds is 4. The van der Waals surface area contributed by atoms with Crippen molar-refractivity contribution in [2.75, 3.05) is 13.4 Å². The molecule has 1 aromatic rings. The summed E-state index contributed by atoms with van der Waals surface area (Å²) in [6.45, 7) is 0. The van der Waals surface area contributed by atoms with E-state index in [2.05, 4.69) is 5.32 Å². The molecule has 136 valence electrons. The minimum atomic E-state index is -3.23. The molecule has 2 bridgehead atoms. The van der Waals surface area contributed by atoms with Gasteiger partial charge in [-0.05, 0) is 37.8 Å². The van der Waals surface area contributed by atoms with Crippen LogP contribution in [0.2, 0.25) is 0 Å². The molecule has 2 unspecified atom stereocenters. The van der Waals surface area contributed by atoms with Gasteiger partial charge < -0.3 is 10.1 Å². The third-order valence-electron chi connectivity index (χ3n) is 4.96. The molecule has 1 amide bonds. The first-order valence-electron chi connectivity index (χ1n) is 8.28. The highest BCUT2D eigenvalue weighted by molar-refractivity contribution is 7.88. The Bertz CT molecular complexity index is 778. The van der Waals surface area contributed by atoms with Crippen molar-refractivity contribution in [2.24, 2.45) is 0 Å². The molecule has 25 heavy (non-hydrogen) atoms. The summed E-state index contributed by atoms with van der Waals surface area (Å²) in [6.07, 6.45) is 4.07. The largest absolute Gasteiger partial charge is 0.465 e. The van der Waals surface area contributed by atoms with Crippen molar-refractivity contribution < 1.29 is 22.7 Å². The van der Waals surface area contributed by atoms with Gasteiger partial charge in [-0.3, -0.25) is 4.79 Å². The van der Waals surface area contributed by atoms with Crippen LogP contribution in [-0.2, 0) is 14.8 Å². The zero-order valence-electron chi connectivity index (χ0n) is 14.3. The molecule has 2 saturated heterocycles. The number of piperidine rings is 1. The molecule has 2 atom stereocenters. The van der Waals surface area contributed by atoms with Crippen molar-refractivity contribution >= 4 is 21.9 Å². The summed E-state index contributed by atoms with van der Waals surface area (Å²) in [5, 5.41) is 2.96. The van der Waals surface area contributed by atoms with Gasteiger partial charge >= 0.3 is 5.97 Å². The number of methoxy groups -OCH3 is 1. The SMILES string of the molecule is COC(=O)c1ccccc1C(=O)NC1CC2CCC(C1)N2S(C)(=O)=O. The highest BCUT2D eigenvalue weighted by atomic mass is 32.2. The Morgan fingerprint density at radius 3 is 2.20 bits per heavy atom. The van der Waals surface area contributed by atoms with Crippen LogP contribution in [0.5, 0.6) is 0 Å². The summed E-state index contributed by atoms with van der Waals surface area (Å²) in [6, 6.07) is 6.28. The van der Waals surface area contributed by atoms with Crippen LogP contribution in [0.4, 0.5) is 0 Å². The highest BCUT2D eigenvalue weighted by Gasteiger charge is 2.45. The molecule has 1 aromatic carbocycles. The van der Waals surface area contributed by atoms with Crippen LogP contribution in [0, 0.1) is 0 Å². The maximum atomic E-state index is 12.6. The van der Waals surface area contributed by atoms with Crippen LogP contribution >= 0.6 is 0 Å². The standard InChI is InChI=1S/C17H22N2O5S/c1-24-17(21)15-6-4-3-5-14(15)16(20)18-11-9-12-7-8-13(10-11)19(12)25(2,22)23/h3-6,11-13H,7-10H2,1-2H3,(H,18,20). The molecule has 2 aliphatic heterocycles. The Morgan fingerprint density at radius 1 is 1.12 bits per heavy atom. The van der Waals surface area contributed by atoms with Crippen LogP contribution in [-0.4, -0.2) is 56.1 Å². The van der Waals surface area contributed by atoms with E-state index in [0.29, 0.717) is 12.8 Å².